The Balaban J connectivity index is 0.00000196. The van der Waals surface area contributed by atoms with Crippen LogP contribution in [0.15, 0.2) is 47.8 Å². The molecule has 0 radical (unpaired) electrons. The van der Waals surface area contributed by atoms with Crippen molar-refractivity contribution < 1.29 is 9.53 Å². The third-order valence-corrected chi connectivity index (χ3v) is 5.83. The van der Waals surface area contributed by atoms with Crippen molar-refractivity contribution in [2.24, 2.45) is 5.73 Å². The van der Waals surface area contributed by atoms with Gasteiger partial charge in [0.05, 0.1) is 19.3 Å². The number of amides is 1. The first-order valence-electron chi connectivity index (χ1n) is 9.05. The fourth-order valence-corrected chi connectivity index (χ4v) is 4.13. The summed E-state index contributed by atoms with van der Waals surface area (Å²) < 4.78 is 5.49. The summed E-state index contributed by atoms with van der Waals surface area (Å²) >= 11 is 1.74. The highest BCUT2D eigenvalue weighted by atomic mass is 35.5. The number of nitrogens with zero attached hydrogens (tertiary/aromatic N) is 2. The predicted octanol–water partition coefficient (Wildman–Crippen LogP) is 3.51. The van der Waals surface area contributed by atoms with Gasteiger partial charge >= 0.3 is 0 Å². The molecule has 2 atom stereocenters. The molecule has 0 bridgehead atoms. The maximum atomic E-state index is 12.7. The molecule has 3 rings (SSSR count). The summed E-state index contributed by atoms with van der Waals surface area (Å²) in [7, 11) is 1.88. The van der Waals surface area contributed by atoms with Gasteiger partial charge < -0.3 is 15.4 Å². The SMILES string of the molecule is CN(CC(c1cccs1)N1CCOCC1)C(=O)CC(N)c1ccccc1.Cl.Cl. The average Bonchev–Trinajstić information content (AvgIpc) is 3.21. The van der Waals surface area contributed by atoms with Crippen molar-refractivity contribution in [1.29, 1.82) is 0 Å². The van der Waals surface area contributed by atoms with Crippen LogP contribution in [0.3, 0.4) is 0 Å². The lowest BCUT2D eigenvalue weighted by atomic mass is 10.0. The highest BCUT2D eigenvalue weighted by Gasteiger charge is 2.26. The molecule has 156 valence electrons. The first kappa shape index (κ1) is 24.9. The van der Waals surface area contributed by atoms with Crippen LogP contribution in [0, 0.1) is 0 Å². The Labute approximate surface area is 183 Å². The minimum Gasteiger partial charge on any atom is -0.379 e. The van der Waals surface area contributed by atoms with Crippen molar-refractivity contribution in [3.8, 4) is 0 Å². The molecular weight excluding hydrogens is 417 g/mol. The third-order valence-electron chi connectivity index (χ3n) is 4.85. The molecule has 5 nitrogen and oxygen atoms in total. The molecule has 8 heteroatoms. The Morgan fingerprint density at radius 2 is 1.86 bits per heavy atom. The van der Waals surface area contributed by atoms with Crippen LogP contribution in [0.5, 0.6) is 0 Å². The van der Waals surface area contributed by atoms with Gasteiger partial charge in [-0.25, -0.2) is 0 Å². The van der Waals surface area contributed by atoms with Gasteiger partial charge in [-0.15, -0.1) is 36.2 Å². The lowest BCUT2D eigenvalue weighted by molar-refractivity contribution is -0.131. The number of benzene rings is 1. The second-order valence-corrected chi connectivity index (χ2v) is 7.65. The lowest BCUT2D eigenvalue weighted by Crippen LogP contribution is -2.44. The van der Waals surface area contributed by atoms with Crippen LogP contribution in [-0.2, 0) is 9.53 Å². The zero-order chi connectivity index (χ0) is 18.4. The molecule has 1 amide bonds. The minimum absolute atomic E-state index is 0. The number of thiophene rings is 1. The second-order valence-electron chi connectivity index (χ2n) is 6.68. The van der Waals surface area contributed by atoms with E-state index in [1.807, 2.05) is 42.3 Å². The molecule has 0 saturated carbocycles. The van der Waals surface area contributed by atoms with E-state index >= 15 is 0 Å². The van der Waals surface area contributed by atoms with Crippen LogP contribution in [0.4, 0.5) is 0 Å². The minimum atomic E-state index is -0.269. The summed E-state index contributed by atoms with van der Waals surface area (Å²) in [5, 5.41) is 2.09. The molecule has 1 aromatic carbocycles. The van der Waals surface area contributed by atoms with Gasteiger partial charge in [0.2, 0.25) is 5.91 Å². The Morgan fingerprint density at radius 1 is 1.18 bits per heavy atom. The molecule has 1 fully saturated rings. The van der Waals surface area contributed by atoms with E-state index in [9.17, 15) is 4.79 Å². The van der Waals surface area contributed by atoms with Crippen LogP contribution >= 0.6 is 36.2 Å². The molecule has 1 aliphatic rings. The number of carbonyl (C=O) groups excluding carboxylic acids is 1. The molecule has 28 heavy (non-hydrogen) atoms. The Morgan fingerprint density at radius 3 is 2.46 bits per heavy atom. The van der Waals surface area contributed by atoms with E-state index in [0.29, 0.717) is 13.0 Å². The van der Waals surface area contributed by atoms with E-state index < -0.39 is 0 Å². The number of likely N-dealkylation sites (N-methyl/N-ethyl adjacent to an activating group) is 1. The Bertz CT molecular complexity index is 682. The van der Waals surface area contributed by atoms with Crippen molar-refractivity contribution in [2.45, 2.75) is 18.5 Å². The number of hydrogen-bond acceptors (Lipinski definition) is 5. The summed E-state index contributed by atoms with van der Waals surface area (Å²) in [4.78, 5) is 18.2. The maximum Gasteiger partial charge on any atom is 0.224 e. The zero-order valence-corrected chi connectivity index (χ0v) is 18.5. The van der Waals surface area contributed by atoms with Crippen molar-refractivity contribution in [1.82, 2.24) is 9.80 Å². The van der Waals surface area contributed by atoms with Crippen LogP contribution in [-0.4, -0.2) is 55.6 Å². The van der Waals surface area contributed by atoms with Crippen molar-refractivity contribution in [3.05, 3.63) is 58.3 Å². The fraction of sp³-hybridized carbons (Fsp3) is 0.450. The van der Waals surface area contributed by atoms with E-state index in [0.717, 1.165) is 31.9 Å². The highest BCUT2D eigenvalue weighted by Crippen LogP contribution is 2.27. The molecule has 2 unspecified atom stereocenters. The zero-order valence-electron chi connectivity index (χ0n) is 16.0. The molecule has 1 aromatic heterocycles. The molecule has 2 N–H and O–H groups in total. The molecule has 1 saturated heterocycles. The molecule has 2 aromatic rings. The van der Waals surface area contributed by atoms with Gasteiger partial charge in [-0.05, 0) is 17.0 Å². The summed E-state index contributed by atoms with van der Waals surface area (Å²) in [6.07, 6.45) is 0.320. The van der Waals surface area contributed by atoms with E-state index in [1.165, 1.54) is 4.88 Å². The van der Waals surface area contributed by atoms with Gasteiger partial charge in [0, 0.05) is 44.0 Å². The molecule has 1 aliphatic heterocycles. The van der Waals surface area contributed by atoms with E-state index in [4.69, 9.17) is 10.5 Å². The highest BCUT2D eigenvalue weighted by molar-refractivity contribution is 7.10. The molecule has 2 heterocycles. The summed E-state index contributed by atoms with van der Waals surface area (Å²) in [5.74, 6) is 0.0798. The van der Waals surface area contributed by atoms with E-state index in [1.54, 1.807) is 11.3 Å². The number of ether oxygens (including phenoxy) is 1. The lowest BCUT2D eigenvalue weighted by Gasteiger charge is -2.36. The number of carbonyl (C=O) groups is 1. The number of nitrogens with two attached hydrogens (primary N) is 1. The van der Waals surface area contributed by atoms with Gasteiger partial charge in [0.15, 0.2) is 0 Å². The third kappa shape index (κ3) is 6.72. The quantitative estimate of drug-likeness (QED) is 0.707. The monoisotopic (exact) mass is 445 g/mol. The number of morpholine rings is 1. The normalized spacial score (nSPS) is 16.4. The number of hydrogen-bond donors (Lipinski definition) is 1. The fourth-order valence-electron chi connectivity index (χ4n) is 3.28. The van der Waals surface area contributed by atoms with Crippen molar-refractivity contribution >= 4 is 42.1 Å². The van der Waals surface area contributed by atoms with Gasteiger partial charge in [-0.1, -0.05) is 36.4 Å². The van der Waals surface area contributed by atoms with Crippen LogP contribution < -0.4 is 5.73 Å². The van der Waals surface area contributed by atoms with Crippen molar-refractivity contribution in [2.75, 3.05) is 39.9 Å². The van der Waals surface area contributed by atoms with Gasteiger partial charge in [0.1, 0.15) is 0 Å². The summed E-state index contributed by atoms with van der Waals surface area (Å²) in [6.45, 7) is 3.96. The van der Waals surface area contributed by atoms with Crippen molar-refractivity contribution in [3.63, 3.8) is 0 Å². The van der Waals surface area contributed by atoms with E-state index in [2.05, 4.69) is 22.4 Å². The topological polar surface area (TPSA) is 58.8 Å². The molecule has 0 aliphatic carbocycles. The van der Waals surface area contributed by atoms with Crippen LogP contribution in [0.25, 0.3) is 0 Å². The van der Waals surface area contributed by atoms with E-state index in [-0.39, 0.29) is 42.8 Å². The first-order chi connectivity index (χ1) is 12.6. The maximum absolute atomic E-state index is 12.7. The molecule has 0 spiro atoms. The largest absolute Gasteiger partial charge is 0.379 e. The van der Waals surface area contributed by atoms with Crippen LogP contribution in [0.1, 0.15) is 28.9 Å². The van der Waals surface area contributed by atoms with Crippen LogP contribution in [0.2, 0.25) is 0 Å². The average molecular weight is 446 g/mol. The van der Waals surface area contributed by atoms with Gasteiger partial charge in [-0.3, -0.25) is 9.69 Å². The summed E-state index contributed by atoms with van der Waals surface area (Å²) in [5.41, 5.74) is 7.23. The Hall–Kier alpha value is -1.15. The van der Waals surface area contributed by atoms with Gasteiger partial charge in [0.25, 0.3) is 0 Å². The summed E-state index contributed by atoms with van der Waals surface area (Å²) in [6, 6.07) is 14.0. The van der Waals surface area contributed by atoms with Gasteiger partial charge in [-0.2, -0.15) is 0 Å². The predicted molar refractivity (Wildman–Crippen MR) is 120 cm³/mol. The Kier molecular flexibility index (Phi) is 11.0. The number of rotatable bonds is 7. The molecular formula is C20H29Cl2N3O2S. The first-order valence-corrected chi connectivity index (χ1v) is 9.93. The smallest absolute Gasteiger partial charge is 0.224 e. The number of halogens is 2. The second kappa shape index (κ2) is 12.4. The standard InChI is InChI=1S/C20H27N3O2S.2ClH/c1-22(20(24)14-17(21)16-6-3-2-4-7-16)15-18(19-8-5-13-26-19)23-9-11-25-12-10-23;;/h2-8,13,17-18H,9-12,14-15,21H2,1H3;2*1H.